The summed E-state index contributed by atoms with van der Waals surface area (Å²) in [5.74, 6) is 0.971. The molecule has 6 heteroatoms. The van der Waals surface area contributed by atoms with E-state index in [1.165, 1.54) is 12.7 Å². The highest BCUT2D eigenvalue weighted by Gasteiger charge is 2.15. The van der Waals surface area contributed by atoms with Gasteiger partial charge in [-0.3, -0.25) is 4.79 Å². The fourth-order valence-electron chi connectivity index (χ4n) is 2.03. The van der Waals surface area contributed by atoms with Crippen molar-refractivity contribution >= 4 is 27.7 Å². The van der Waals surface area contributed by atoms with Crippen LogP contribution in [0.15, 0.2) is 17.0 Å². The lowest BCUT2D eigenvalue weighted by Crippen LogP contribution is -2.36. The molecule has 1 fully saturated rings. The molecule has 1 saturated heterocycles. The Bertz CT molecular complexity index is 407. The summed E-state index contributed by atoms with van der Waals surface area (Å²) in [7, 11) is 0. The normalized spacial score (nSPS) is 15.5. The average molecular weight is 313 g/mol. The Morgan fingerprint density at radius 3 is 2.83 bits per heavy atom. The van der Waals surface area contributed by atoms with E-state index in [2.05, 4.69) is 31.2 Å². The SMILES string of the molecule is O=C(CCNc1cc(Br)ncn1)N1CCCCC1. The molecule has 98 valence electrons. The van der Waals surface area contributed by atoms with Gasteiger partial charge in [-0.15, -0.1) is 0 Å². The summed E-state index contributed by atoms with van der Waals surface area (Å²) in [5.41, 5.74) is 0. The van der Waals surface area contributed by atoms with Crippen LogP contribution in [-0.2, 0) is 4.79 Å². The predicted molar refractivity (Wildman–Crippen MR) is 73.3 cm³/mol. The molecular weight excluding hydrogens is 296 g/mol. The molecule has 0 atom stereocenters. The van der Waals surface area contributed by atoms with Gasteiger partial charge in [0.05, 0.1) is 0 Å². The monoisotopic (exact) mass is 312 g/mol. The van der Waals surface area contributed by atoms with Crippen molar-refractivity contribution in [2.24, 2.45) is 0 Å². The van der Waals surface area contributed by atoms with Gasteiger partial charge in [0.1, 0.15) is 16.7 Å². The van der Waals surface area contributed by atoms with E-state index in [0.717, 1.165) is 36.4 Å². The molecule has 0 saturated carbocycles. The maximum atomic E-state index is 11.9. The molecule has 2 heterocycles. The van der Waals surface area contributed by atoms with Gasteiger partial charge in [0.2, 0.25) is 5.91 Å². The average Bonchev–Trinajstić information content (AvgIpc) is 2.40. The van der Waals surface area contributed by atoms with Crippen molar-refractivity contribution in [3.8, 4) is 0 Å². The summed E-state index contributed by atoms with van der Waals surface area (Å²) in [6.45, 7) is 2.44. The van der Waals surface area contributed by atoms with Crippen LogP contribution >= 0.6 is 15.9 Å². The molecule has 0 bridgehead atoms. The van der Waals surface area contributed by atoms with Crippen LogP contribution in [-0.4, -0.2) is 40.4 Å². The van der Waals surface area contributed by atoms with E-state index in [1.54, 1.807) is 6.07 Å². The minimum Gasteiger partial charge on any atom is -0.369 e. The summed E-state index contributed by atoms with van der Waals surface area (Å²) >= 11 is 3.28. The standard InChI is InChI=1S/C12H17BrN4O/c13-10-8-11(16-9-15-10)14-5-4-12(18)17-6-2-1-3-7-17/h8-9H,1-7H2,(H,14,15,16). The first-order chi connectivity index (χ1) is 8.75. The van der Waals surface area contributed by atoms with Crippen LogP contribution in [0.5, 0.6) is 0 Å². The van der Waals surface area contributed by atoms with E-state index >= 15 is 0 Å². The van der Waals surface area contributed by atoms with Crippen molar-refractivity contribution in [1.29, 1.82) is 0 Å². The summed E-state index contributed by atoms with van der Waals surface area (Å²) < 4.78 is 0.738. The van der Waals surface area contributed by atoms with Crippen LogP contribution in [0.1, 0.15) is 25.7 Å². The van der Waals surface area contributed by atoms with Crippen LogP contribution in [0.2, 0.25) is 0 Å². The summed E-state index contributed by atoms with van der Waals surface area (Å²) in [6, 6.07) is 1.80. The number of hydrogen-bond acceptors (Lipinski definition) is 4. The number of carbonyl (C=O) groups is 1. The smallest absolute Gasteiger partial charge is 0.224 e. The number of nitrogens with zero attached hydrogens (tertiary/aromatic N) is 3. The summed E-state index contributed by atoms with van der Waals surface area (Å²) in [6.07, 6.45) is 5.52. The van der Waals surface area contributed by atoms with Gasteiger partial charge in [0, 0.05) is 32.1 Å². The molecule has 0 radical (unpaired) electrons. The second-order valence-electron chi connectivity index (χ2n) is 4.34. The Morgan fingerprint density at radius 1 is 1.33 bits per heavy atom. The van der Waals surface area contributed by atoms with Gasteiger partial charge in [-0.25, -0.2) is 9.97 Å². The molecule has 1 aliphatic heterocycles. The van der Waals surface area contributed by atoms with Crippen molar-refractivity contribution in [3.05, 3.63) is 17.0 Å². The first-order valence-corrected chi connectivity index (χ1v) is 7.04. The van der Waals surface area contributed by atoms with Crippen LogP contribution in [0.25, 0.3) is 0 Å². The highest BCUT2D eigenvalue weighted by atomic mass is 79.9. The number of nitrogens with one attached hydrogen (secondary N) is 1. The topological polar surface area (TPSA) is 58.1 Å². The van der Waals surface area contributed by atoms with Crippen molar-refractivity contribution in [1.82, 2.24) is 14.9 Å². The third kappa shape index (κ3) is 3.94. The Labute approximate surface area is 115 Å². The molecule has 18 heavy (non-hydrogen) atoms. The van der Waals surface area contributed by atoms with Gasteiger partial charge >= 0.3 is 0 Å². The second kappa shape index (κ2) is 6.68. The molecule has 0 unspecified atom stereocenters. The van der Waals surface area contributed by atoms with Gasteiger partial charge in [-0.1, -0.05) is 0 Å². The Balaban J connectivity index is 1.73. The van der Waals surface area contributed by atoms with Crippen LogP contribution < -0.4 is 5.32 Å². The molecular formula is C12H17BrN4O. The predicted octanol–water partition coefficient (Wildman–Crippen LogP) is 2.05. The molecule has 5 nitrogen and oxygen atoms in total. The minimum atomic E-state index is 0.232. The van der Waals surface area contributed by atoms with E-state index in [9.17, 15) is 4.79 Å². The van der Waals surface area contributed by atoms with Gasteiger partial charge in [0.25, 0.3) is 0 Å². The zero-order chi connectivity index (χ0) is 12.8. The van der Waals surface area contributed by atoms with E-state index in [0.29, 0.717) is 13.0 Å². The van der Waals surface area contributed by atoms with Crippen LogP contribution in [0.3, 0.4) is 0 Å². The highest BCUT2D eigenvalue weighted by Crippen LogP contribution is 2.11. The van der Waals surface area contributed by atoms with Crippen molar-refractivity contribution in [2.45, 2.75) is 25.7 Å². The number of amides is 1. The largest absolute Gasteiger partial charge is 0.369 e. The van der Waals surface area contributed by atoms with Crippen molar-refractivity contribution in [2.75, 3.05) is 25.0 Å². The highest BCUT2D eigenvalue weighted by molar-refractivity contribution is 9.10. The molecule has 0 spiro atoms. The lowest BCUT2D eigenvalue weighted by molar-refractivity contribution is -0.131. The molecule has 0 aromatic carbocycles. The van der Waals surface area contributed by atoms with E-state index < -0.39 is 0 Å². The van der Waals surface area contributed by atoms with Crippen LogP contribution in [0.4, 0.5) is 5.82 Å². The molecule has 1 aromatic rings. The van der Waals surface area contributed by atoms with E-state index in [1.807, 2.05) is 4.90 Å². The lowest BCUT2D eigenvalue weighted by Gasteiger charge is -2.26. The molecule has 0 aliphatic carbocycles. The first kappa shape index (κ1) is 13.3. The number of piperidine rings is 1. The number of likely N-dealkylation sites (tertiary alicyclic amines) is 1. The maximum absolute atomic E-state index is 11.9. The fraction of sp³-hybridized carbons (Fsp3) is 0.583. The number of halogens is 1. The van der Waals surface area contributed by atoms with Gasteiger partial charge in [-0.05, 0) is 35.2 Å². The number of aromatic nitrogens is 2. The number of hydrogen-bond donors (Lipinski definition) is 1. The summed E-state index contributed by atoms with van der Waals surface area (Å²) in [4.78, 5) is 21.9. The summed E-state index contributed by atoms with van der Waals surface area (Å²) in [5, 5.41) is 3.13. The molecule has 1 amide bonds. The minimum absolute atomic E-state index is 0.232. The number of anilines is 1. The fourth-order valence-corrected chi connectivity index (χ4v) is 2.34. The Morgan fingerprint density at radius 2 is 2.11 bits per heavy atom. The maximum Gasteiger partial charge on any atom is 0.224 e. The van der Waals surface area contributed by atoms with Gasteiger partial charge < -0.3 is 10.2 Å². The molecule has 1 aromatic heterocycles. The zero-order valence-electron chi connectivity index (χ0n) is 10.2. The zero-order valence-corrected chi connectivity index (χ0v) is 11.8. The first-order valence-electron chi connectivity index (χ1n) is 6.25. The Kier molecular flexibility index (Phi) is 4.92. The van der Waals surface area contributed by atoms with Crippen molar-refractivity contribution < 1.29 is 4.79 Å². The number of rotatable bonds is 4. The molecule has 1 aliphatic rings. The second-order valence-corrected chi connectivity index (χ2v) is 5.16. The van der Waals surface area contributed by atoms with E-state index in [-0.39, 0.29) is 5.91 Å². The molecule has 1 N–H and O–H groups in total. The third-order valence-electron chi connectivity index (χ3n) is 2.99. The van der Waals surface area contributed by atoms with E-state index in [4.69, 9.17) is 0 Å². The van der Waals surface area contributed by atoms with Crippen LogP contribution in [0, 0.1) is 0 Å². The lowest BCUT2D eigenvalue weighted by atomic mass is 10.1. The third-order valence-corrected chi connectivity index (χ3v) is 3.42. The number of carbonyl (C=O) groups excluding carboxylic acids is 1. The van der Waals surface area contributed by atoms with Crippen molar-refractivity contribution in [3.63, 3.8) is 0 Å². The quantitative estimate of drug-likeness (QED) is 0.865. The Hall–Kier alpha value is -1.17. The molecule has 2 rings (SSSR count). The van der Waals surface area contributed by atoms with Gasteiger partial charge in [-0.2, -0.15) is 0 Å². The van der Waals surface area contributed by atoms with Gasteiger partial charge in [0.15, 0.2) is 0 Å².